The summed E-state index contributed by atoms with van der Waals surface area (Å²) in [7, 11) is 0. The number of fused-ring (bicyclic) bond motifs is 1. The van der Waals surface area contributed by atoms with E-state index in [0.717, 1.165) is 17.7 Å². The van der Waals surface area contributed by atoms with Crippen molar-refractivity contribution >= 4 is 40.0 Å². The minimum atomic E-state index is -0.545. The molecule has 1 aliphatic rings. The van der Waals surface area contributed by atoms with Crippen molar-refractivity contribution in [1.29, 1.82) is 0 Å². The molecule has 3 rings (SSSR count). The lowest BCUT2D eigenvalue weighted by Gasteiger charge is -2.22. The quantitative estimate of drug-likeness (QED) is 0.674. The minimum absolute atomic E-state index is 0.198. The first-order valence-electron chi connectivity index (χ1n) is 9.67. The summed E-state index contributed by atoms with van der Waals surface area (Å²) in [5.41, 5.74) is 1.52. The molecule has 0 saturated heterocycles. The van der Waals surface area contributed by atoms with Crippen molar-refractivity contribution in [1.82, 2.24) is 0 Å². The summed E-state index contributed by atoms with van der Waals surface area (Å²) in [4.78, 5) is 38.6. The number of hydrogen-bond donors (Lipinski definition) is 2. The highest BCUT2D eigenvalue weighted by Crippen LogP contribution is 2.44. The molecule has 0 radical (unpaired) electrons. The van der Waals surface area contributed by atoms with Crippen molar-refractivity contribution < 1.29 is 23.9 Å². The van der Waals surface area contributed by atoms with Gasteiger partial charge in [-0.2, -0.15) is 0 Å². The first-order valence-corrected chi connectivity index (χ1v) is 10.5. The van der Waals surface area contributed by atoms with E-state index < -0.39 is 17.9 Å². The molecule has 1 heterocycles. The number of aryl methyl sites for hydroxylation is 1. The molecule has 154 valence electrons. The smallest absolute Gasteiger partial charge is 0.341 e. The highest BCUT2D eigenvalue weighted by atomic mass is 32.1. The molecule has 2 aromatic rings. The van der Waals surface area contributed by atoms with E-state index in [2.05, 4.69) is 10.6 Å². The van der Waals surface area contributed by atoms with Gasteiger partial charge in [-0.1, -0.05) is 18.2 Å². The van der Waals surface area contributed by atoms with Crippen LogP contribution in [-0.4, -0.2) is 31.2 Å². The van der Waals surface area contributed by atoms with Gasteiger partial charge in [0, 0.05) is 10.6 Å². The molecule has 0 bridgehead atoms. The molecule has 2 amide bonds. The monoisotopic (exact) mass is 416 g/mol. The van der Waals surface area contributed by atoms with Crippen molar-refractivity contribution in [3.8, 4) is 0 Å². The Bertz CT molecular complexity index is 894. The zero-order valence-corrected chi connectivity index (χ0v) is 17.3. The van der Waals surface area contributed by atoms with Gasteiger partial charge in [-0.25, -0.2) is 9.59 Å². The van der Waals surface area contributed by atoms with Crippen molar-refractivity contribution in [2.45, 2.75) is 39.0 Å². The average Bonchev–Trinajstić information content (AvgIpc) is 3.06. The van der Waals surface area contributed by atoms with Gasteiger partial charge >= 0.3 is 18.0 Å². The average molecular weight is 416 g/mol. The fourth-order valence-corrected chi connectivity index (χ4v) is 4.70. The zero-order valence-electron chi connectivity index (χ0n) is 16.4. The van der Waals surface area contributed by atoms with Crippen LogP contribution in [0.3, 0.4) is 0 Å². The maximum Gasteiger partial charge on any atom is 0.341 e. The highest BCUT2D eigenvalue weighted by molar-refractivity contribution is 7.17. The summed E-state index contributed by atoms with van der Waals surface area (Å²) >= 11 is 1.31. The molecule has 1 aromatic heterocycles. The van der Waals surface area contributed by atoms with Crippen LogP contribution in [0.15, 0.2) is 30.3 Å². The second-order valence-electron chi connectivity index (χ2n) is 6.51. The van der Waals surface area contributed by atoms with Crippen LogP contribution in [0.4, 0.5) is 15.5 Å². The number of nitrogens with one attached hydrogen (secondary N) is 2. The van der Waals surface area contributed by atoms with Crippen molar-refractivity contribution in [2.75, 3.05) is 23.8 Å². The van der Waals surface area contributed by atoms with Gasteiger partial charge in [-0.15, -0.1) is 11.3 Å². The van der Waals surface area contributed by atoms with Gasteiger partial charge in [0.15, 0.2) is 0 Å². The van der Waals surface area contributed by atoms with Gasteiger partial charge in [0.05, 0.1) is 24.7 Å². The second-order valence-corrected chi connectivity index (χ2v) is 7.61. The van der Waals surface area contributed by atoms with Crippen LogP contribution in [0.1, 0.15) is 53.4 Å². The molecule has 7 nitrogen and oxygen atoms in total. The van der Waals surface area contributed by atoms with Crippen LogP contribution < -0.4 is 10.6 Å². The largest absolute Gasteiger partial charge is 0.466 e. The number of carbonyl (C=O) groups excluding carboxylic acids is 3. The molecule has 1 aromatic carbocycles. The predicted molar refractivity (Wildman–Crippen MR) is 112 cm³/mol. The van der Waals surface area contributed by atoms with Crippen LogP contribution in [0.2, 0.25) is 0 Å². The van der Waals surface area contributed by atoms with Crippen LogP contribution in [-0.2, 0) is 20.7 Å². The molecule has 0 fully saturated rings. The molecular weight excluding hydrogens is 392 g/mol. The molecular formula is C21H24N2O5S. The van der Waals surface area contributed by atoms with Crippen molar-refractivity contribution in [3.05, 3.63) is 46.3 Å². The lowest BCUT2D eigenvalue weighted by molar-refractivity contribution is -0.145. The Morgan fingerprint density at radius 2 is 1.79 bits per heavy atom. The Kier molecular flexibility index (Phi) is 6.87. The van der Waals surface area contributed by atoms with Crippen LogP contribution in [0.5, 0.6) is 0 Å². The fourth-order valence-electron chi connectivity index (χ4n) is 3.42. The standard InChI is InChI=1S/C21H24N2O5S/c1-3-27-19(24)14-11-8-12-15-16(14)17(20(25)28-4-2)18(29-15)23-21(26)22-13-9-6-5-7-10-13/h5-7,9-10,14H,3-4,8,11-12H2,1-2H3,(H2,22,23,26)/t14-/m0/s1. The SMILES string of the molecule is CCOC(=O)c1c(NC(=O)Nc2ccccc2)sc2c1[C@@H](C(=O)OCC)CCC2. The van der Waals surface area contributed by atoms with E-state index in [1.807, 2.05) is 18.2 Å². The van der Waals surface area contributed by atoms with Crippen LogP contribution in [0, 0.1) is 0 Å². The predicted octanol–water partition coefficient (Wildman–Crippen LogP) is 4.55. The van der Waals surface area contributed by atoms with E-state index in [0.29, 0.717) is 22.7 Å². The number of esters is 2. The first kappa shape index (κ1) is 20.9. The van der Waals surface area contributed by atoms with E-state index in [-0.39, 0.29) is 24.7 Å². The Morgan fingerprint density at radius 3 is 2.48 bits per heavy atom. The van der Waals surface area contributed by atoms with Gasteiger partial charge in [0.25, 0.3) is 0 Å². The Hall–Kier alpha value is -2.87. The molecule has 29 heavy (non-hydrogen) atoms. The summed E-state index contributed by atoms with van der Waals surface area (Å²) in [5.74, 6) is -1.42. The number of carbonyl (C=O) groups is 3. The highest BCUT2D eigenvalue weighted by Gasteiger charge is 2.36. The number of hydrogen-bond acceptors (Lipinski definition) is 6. The number of rotatable bonds is 6. The number of ether oxygens (including phenoxy) is 2. The van der Waals surface area contributed by atoms with Gasteiger partial charge in [0.1, 0.15) is 5.00 Å². The Morgan fingerprint density at radius 1 is 1.07 bits per heavy atom. The zero-order chi connectivity index (χ0) is 20.8. The van der Waals surface area contributed by atoms with Gasteiger partial charge in [-0.05, 0) is 50.8 Å². The number of anilines is 2. The maximum atomic E-state index is 12.7. The van der Waals surface area contributed by atoms with E-state index in [1.54, 1.807) is 26.0 Å². The lowest BCUT2D eigenvalue weighted by Crippen LogP contribution is -2.24. The van der Waals surface area contributed by atoms with Crippen LogP contribution in [0.25, 0.3) is 0 Å². The topological polar surface area (TPSA) is 93.7 Å². The molecule has 8 heteroatoms. The third-order valence-electron chi connectivity index (χ3n) is 4.58. The number of urea groups is 1. The third kappa shape index (κ3) is 4.76. The van der Waals surface area contributed by atoms with E-state index >= 15 is 0 Å². The fraction of sp³-hybridized carbons (Fsp3) is 0.381. The second kappa shape index (κ2) is 9.56. The maximum absolute atomic E-state index is 12.7. The van der Waals surface area contributed by atoms with Crippen LogP contribution >= 0.6 is 11.3 Å². The summed E-state index contributed by atoms with van der Waals surface area (Å²) in [5, 5.41) is 5.89. The minimum Gasteiger partial charge on any atom is -0.466 e. The number of benzene rings is 1. The third-order valence-corrected chi connectivity index (χ3v) is 5.76. The number of thiophene rings is 1. The summed E-state index contributed by atoms with van der Waals surface area (Å²) in [6.45, 7) is 3.94. The van der Waals surface area contributed by atoms with Crippen molar-refractivity contribution in [2.24, 2.45) is 0 Å². The van der Waals surface area contributed by atoms with Gasteiger partial charge in [-0.3, -0.25) is 10.1 Å². The number of para-hydroxylation sites is 1. The Balaban J connectivity index is 1.93. The molecule has 2 N–H and O–H groups in total. The Labute approximate surface area is 173 Å². The summed E-state index contributed by atoms with van der Waals surface area (Å²) < 4.78 is 10.4. The van der Waals surface area contributed by atoms with Gasteiger partial charge < -0.3 is 14.8 Å². The van der Waals surface area contributed by atoms with Crippen molar-refractivity contribution in [3.63, 3.8) is 0 Å². The summed E-state index contributed by atoms with van der Waals surface area (Å²) in [6.07, 6.45) is 2.16. The van der Waals surface area contributed by atoms with Gasteiger partial charge in [0.2, 0.25) is 0 Å². The molecule has 1 aliphatic carbocycles. The molecule has 0 saturated carbocycles. The van der Waals surface area contributed by atoms with E-state index in [4.69, 9.17) is 9.47 Å². The normalized spacial score (nSPS) is 15.2. The molecule has 0 aliphatic heterocycles. The lowest BCUT2D eigenvalue weighted by atomic mass is 9.85. The van der Waals surface area contributed by atoms with E-state index in [1.165, 1.54) is 11.3 Å². The molecule has 1 atom stereocenters. The number of amides is 2. The molecule has 0 spiro atoms. The summed E-state index contributed by atoms with van der Waals surface area (Å²) in [6, 6.07) is 8.54. The molecule has 0 unspecified atom stereocenters. The van der Waals surface area contributed by atoms with E-state index in [9.17, 15) is 14.4 Å². The first-order chi connectivity index (χ1) is 14.0.